The molecule has 6 nitrogen and oxygen atoms in total. The number of rotatable bonds is 4. The summed E-state index contributed by atoms with van der Waals surface area (Å²) in [4.78, 5) is 14.3. The molecule has 1 aromatic carbocycles. The molecule has 8 heteroatoms. The highest BCUT2D eigenvalue weighted by molar-refractivity contribution is 5.95. The minimum Gasteiger partial charge on any atom is -0.497 e. The maximum atomic E-state index is 14.3. The molecule has 0 unspecified atom stereocenters. The first-order valence-corrected chi connectivity index (χ1v) is 8.54. The van der Waals surface area contributed by atoms with E-state index in [1.54, 1.807) is 0 Å². The Morgan fingerprint density at radius 2 is 1.96 bits per heavy atom. The number of halogens is 2. The van der Waals surface area contributed by atoms with E-state index in [-0.39, 0.29) is 18.3 Å². The van der Waals surface area contributed by atoms with Gasteiger partial charge in [-0.1, -0.05) is 13.8 Å². The van der Waals surface area contributed by atoms with Gasteiger partial charge in [-0.25, -0.2) is 8.78 Å². The van der Waals surface area contributed by atoms with E-state index in [1.165, 1.54) is 12.0 Å². The largest absolute Gasteiger partial charge is 0.497 e. The zero-order chi connectivity index (χ0) is 19.0. The van der Waals surface area contributed by atoms with E-state index < -0.39 is 23.1 Å². The van der Waals surface area contributed by atoms with Crippen molar-refractivity contribution in [3.05, 3.63) is 41.0 Å². The van der Waals surface area contributed by atoms with E-state index in [2.05, 4.69) is 24.0 Å². The van der Waals surface area contributed by atoms with Crippen LogP contribution in [0.5, 0.6) is 5.75 Å². The van der Waals surface area contributed by atoms with Gasteiger partial charge in [-0.3, -0.25) is 4.79 Å². The van der Waals surface area contributed by atoms with Gasteiger partial charge in [0, 0.05) is 18.7 Å². The van der Waals surface area contributed by atoms with E-state index >= 15 is 0 Å². The van der Waals surface area contributed by atoms with Crippen LogP contribution in [0, 0.1) is 24.5 Å². The summed E-state index contributed by atoms with van der Waals surface area (Å²) >= 11 is 0. The van der Waals surface area contributed by atoms with Crippen LogP contribution in [-0.2, 0) is 6.54 Å². The predicted molar refractivity (Wildman–Crippen MR) is 90.9 cm³/mol. The molecule has 0 saturated carbocycles. The fourth-order valence-electron chi connectivity index (χ4n) is 3.48. The van der Waals surface area contributed by atoms with E-state index in [9.17, 15) is 13.6 Å². The zero-order valence-electron chi connectivity index (χ0n) is 15.3. The quantitative estimate of drug-likeness (QED) is 0.836. The van der Waals surface area contributed by atoms with Crippen LogP contribution in [0.1, 0.15) is 48.3 Å². The third-order valence-electron chi connectivity index (χ3n) is 4.56. The molecule has 2 heterocycles. The Kier molecular flexibility index (Phi) is 4.93. The molecular weight excluding hydrogens is 342 g/mol. The first kappa shape index (κ1) is 18.3. The Labute approximate surface area is 150 Å². The lowest BCUT2D eigenvalue weighted by molar-refractivity contribution is 0.0650. The summed E-state index contributed by atoms with van der Waals surface area (Å²) < 4.78 is 35.5. The number of amides is 1. The van der Waals surface area contributed by atoms with Gasteiger partial charge in [0.2, 0.25) is 0 Å². The third-order valence-corrected chi connectivity index (χ3v) is 4.56. The van der Waals surface area contributed by atoms with Gasteiger partial charge in [-0.05, 0) is 19.3 Å². The molecule has 26 heavy (non-hydrogen) atoms. The summed E-state index contributed by atoms with van der Waals surface area (Å²) in [7, 11) is 1.31. The van der Waals surface area contributed by atoms with Crippen LogP contribution in [0.4, 0.5) is 8.78 Å². The lowest BCUT2D eigenvalue weighted by atomic mass is 10.0. The van der Waals surface area contributed by atoms with Crippen molar-refractivity contribution in [2.45, 2.75) is 39.8 Å². The van der Waals surface area contributed by atoms with E-state index in [4.69, 9.17) is 4.74 Å². The van der Waals surface area contributed by atoms with Crippen LogP contribution < -0.4 is 4.74 Å². The van der Waals surface area contributed by atoms with Crippen molar-refractivity contribution >= 4 is 5.91 Å². The first-order valence-electron chi connectivity index (χ1n) is 8.54. The van der Waals surface area contributed by atoms with Crippen molar-refractivity contribution in [3.63, 3.8) is 0 Å². The summed E-state index contributed by atoms with van der Waals surface area (Å²) in [5.41, 5.74) is -0.571. The Balaban J connectivity index is 1.94. The monoisotopic (exact) mass is 364 g/mol. The number of carbonyl (C=O) groups is 1. The molecule has 1 atom stereocenters. The van der Waals surface area contributed by atoms with Crippen LogP contribution in [0.15, 0.2) is 12.1 Å². The average molecular weight is 364 g/mol. The second kappa shape index (κ2) is 7.01. The van der Waals surface area contributed by atoms with Gasteiger partial charge < -0.3 is 14.2 Å². The Bertz CT molecular complexity index is 812. The highest BCUT2D eigenvalue weighted by atomic mass is 19.1. The van der Waals surface area contributed by atoms with Gasteiger partial charge in [0.15, 0.2) is 5.82 Å². The fraction of sp³-hybridized carbons (Fsp3) is 0.500. The number of fused-ring (bicyclic) bond motifs is 1. The number of methoxy groups -OCH3 is 1. The maximum absolute atomic E-state index is 14.3. The summed E-state index contributed by atoms with van der Waals surface area (Å²) in [6, 6.07) is 2.00. The molecule has 3 rings (SSSR count). The topological polar surface area (TPSA) is 60.2 Å². The smallest absolute Gasteiger partial charge is 0.260 e. The average Bonchev–Trinajstić information content (AvgIpc) is 2.94. The Morgan fingerprint density at radius 3 is 2.54 bits per heavy atom. The van der Waals surface area contributed by atoms with Crippen molar-refractivity contribution in [1.82, 2.24) is 19.7 Å². The molecule has 0 spiro atoms. The summed E-state index contributed by atoms with van der Waals surface area (Å²) in [5.74, 6) is -0.738. The van der Waals surface area contributed by atoms with Gasteiger partial charge in [0.1, 0.15) is 28.8 Å². The molecule has 0 bridgehead atoms. The number of hydrogen-bond acceptors (Lipinski definition) is 4. The maximum Gasteiger partial charge on any atom is 0.260 e. The van der Waals surface area contributed by atoms with Gasteiger partial charge in [0.05, 0.1) is 19.7 Å². The number of nitrogens with zero attached hydrogens (tertiary/aromatic N) is 4. The molecule has 0 saturated heterocycles. The molecule has 1 aliphatic rings. The second-order valence-electron chi connectivity index (χ2n) is 6.97. The SMILES string of the molecule is COc1cc(F)c(C(=O)N2Cc3nnc(C)n3[C@@H](CC(C)C)C2)c(F)c1. The third kappa shape index (κ3) is 3.27. The van der Waals surface area contributed by atoms with Crippen LogP contribution in [-0.4, -0.2) is 39.2 Å². The number of aryl methyl sites for hydroxylation is 1. The Morgan fingerprint density at radius 1 is 1.31 bits per heavy atom. The minimum absolute atomic E-state index is 0.0259. The van der Waals surface area contributed by atoms with Crippen LogP contribution in [0.25, 0.3) is 0 Å². The molecule has 0 N–H and O–H groups in total. The molecule has 1 aliphatic heterocycles. The van der Waals surface area contributed by atoms with Gasteiger partial charge in [-0.2, -0.15) is 0 Å². The van der Waals surface area contributed by atoms with E-state index in [0.717, 1.165) is 24.4 Å². The summed E-state index contributed by atoms with van der Waals surface area (Å²) in [6.45, 7) is 6.56. The van der Waals surface area contributed by atoms with Crippen molar-refractivity contribution < 1.29 is 18.3 Å². The van der Waals surface area contributed by atoms with Crippen LogP contribution in [0.2, 0.25) is 0 Å². The number of carbonyl (C=O) groups excluding carboxylic acids is 1. The zero-order valence-corrected chi connectivity index (χ0v) is 15.3. The predicted octanol–water partition coefficient (Wildman–Crippen LogP) is 3.12. The summed E-state index contributed by atoms with van der Waals surface area (Å²) in [6.07, 6.45) is 0.809. The lowest BCUT2D eigenvalue weighted by Gasteiger charge is -2.35. The van der Waals surface area contributed by atoms with Gasteiger partial charge in [-0.15, -0.1) is 10.2 Å². The molecule has 2 aromatic rings. The number of benzene rings is 1. The molecule has 0 radical (unpaired) electrons. The van der Waals surface area contributed by atoms with Gasteiger partial charge in [0.25, 0.3) is 5.91 Å². The highest BCUT2D eigenvalue weighted by Gasteiger charge is 2.33. The highest BCUT2D eigenvalue weighted by Crippen LogP contribution is 2.29. The lowest BCUT2D eigenvalue weighted by Crippen LogP contribution is -2.42. The van der Waals surface area contributed by atoms with Crippen molar-refractivity contribution in [1.29, 1.82) is 0 Å². The number of aromatic nitrogens is 3. The molecule has 1 amide bonds. The Hall–Kier alpha value is -2.51. The second-order valence-corrected chi connectivity index (χ2v) is 6.97. The standard InChI is InChI=1S/C18H22F2N4O2/c1-10(2)5-12-8-23(9-16-22-21-11(3)24(12)16)18(25)17-14(19)6-13(26-4)7-15(17)20/h6-7,10,12H,5,8-9H2,1-4H3/t12-/m0/s1. The van der Waals surface area contributed by atoms with Crippen molar-refractivity contribution in [3.8, 4) is 5.75 Å². The van der Waals surface area contributed by atoms with E-state index in [0.29, 0.717) is 18.3 Å². The summed E-state index contributed by atoms with van der Waals surface area (Å²) in [5, 5.41) is 8.21. The van der Waals surface area contributed by atoms with Crippen LogP contribution in [0.3, 0.4) is 0 Å². The fourth-order valence-corrected chi connectivity index (χ4v) is 3.48. The normalized spacial score (nSPS) is 16.7. The van der Waals surface area contributed by atoms with Crippen molar-refractivity contribution in [2.24, 2.45) is 5.92 Å². The van der Waals surface area contributed by atoms with Crippen LogP contribution >= 0.6 is 0 Å². The van der Waals surface area contributed by atoms with Gasteiger partial charge >= 0.3 is 0 Å². The minimum atomic E-state index is -0.935. The molecule has 1 aromatic heterocycles. The number of ether oxygens (including phenoxy) is 1. The molecular formula is C18H22F2N4O2. The molecule has 0 fully saturated rings. The number of hydrogen-bond donors (Lipinski definition) is 0. The first-order chi connectivity index (χ1) is 12.3. The van der Waals surface area contributed by atoms with Crippen molar-refractivity contribution in [2.75, 3.05) is 13.7 Å². The van der Waals surface area contributed by atoms with E-state index in [1.807, 2.05) is 11.5 Å². The molecule has 0 aliphatic carbocycles. The molecule has 140 valence electrons.